The fourth-order valence-electron chi connectivity index (χ4n) is 4.02. The van der Waals surface area contributed by atoms with Crippen LogP contribution in [-0.4, -0.2) is 67.1 Å². The number of aromatic nitrogens is 2. The van der Waals surface area contributed by atoms with Gasteiger partial charge in [-0.1, -0.05) is 0 Å². The van der Waals surface area contributed by atoms with Gasteiger partial charge < -0.3 is 9.64 Å². The zero-order valence-electron chi connectivity index (χ0n) is 16.7. The third kappa shape index (κ3) is 3.76. The molecule has 1 fully saturated rings. The molecular formula is C20H26N4O4S. The van der Waals surface area contributed by atoms with Gasteiger partial charge in [0, 0.05) is 39.1 Å². The maximum absolute atomic E-state index is 12.9. The van der Waals surface area contributed by atoms with Gasteiger partial charge in [-0.3, -0.25) is 9.48 Å². The lowest BCUT2D eigenvalue weighted by Crippen LogP contribution is -2.38. The first-order chi connectivity index (χ1) is 13.9. The van der Waals surface area contributed by atoms with Gasteiger partial charge >= 0.3 is 0 Å². The molecule has 2 aliphatic heterocycles. The highest BCUT2D eigenvalue weighted by atomic mass is 32.2. The molecule has 1 saturated heterocycles. The van der Waals surface area contributed by atoms with E-state index in [2.05, 4.69) is 5.10 Å². The van der Waals surface area contributed by atoms with E-state index < -0.39 is 10.0 Å². The maximum atomic E-state index is 12.9. The van der Waals surface area contributed by atoms with Crippen LogP contribution in [0.25, 0.3) is 0 Å². The normalized spacial score (nSPS) is 19.1. The van der Waals surface area contributed by atoms with Crippen molar-refractivity contribution in [2.45, 2.75) is 36.6 Å². The molecule has 0 saturated carbocycles. The molecule has 0 N–H and O–H groups in total. The number of fused-ring (bicyclic) bond motifs is 1. The molecule has 0 radical (unpaired) electrons. The number of sulfonamides is 1. The van der Waals surface area contributed by atoms with Crippen LogP contribution >= 0.6 is 0 Å². The predicted molar refractivity (Wildman–Crippen MR) is 108 cm³/mol. The Labute approximate surface area is 171 Å². The Hall–Kier alpha value is -2.39. The Balaban J connectivity index is 1.46. The lowest BCUT2D eigenvalue weighted by Gasteiger charge is -2.30. The first kappa shape index (κ1) is 19.9. The Kier molecular flexibility index (Phi) is 5.35. The molecule has 9 heteroatoms. The number of nitrogens with zero attached hydrogens (tertiary/aromatic N) is 4. The minimum atomic E-state index is -3.52. The van der Waals surface area contributed by atoms with E-state index in [-0.39, 0.29) is 16.7 Å². The molecule has 2 aliphatic rings. The third-order valence-electron chi connectivity index (χ3n) is 5.80. The highest BCUT2D eigenvalue weighted by molar-refractivity contribution is 7.89. The van der Waals surface area contributed by atoms with Gasteiger partial charge in [0.05, 0.1) is 17.7 Å². The molecule has 3 heterocycles. The summed E-state index contributed by atoms with van der Waals surface area (Å²) in [5, 5.41) is 4.67. The van der Waals surface area contributed by atoms with Gasteiger partial charge in [0.15, 0.2) is 0 Å². The van der Waals surface area contributed by atoms with E-state index in [1.807, 2.05) is 17.8 Å². The van der Waals surface area contributed by atoms with Crippen LogP contribution in [0, 0.1) is 0 Å². The second-order valence-corrected chi connectivity index (χ2v) is 9.55. The zero-order chi connectivity index (χ0) is 20.6. The fourth-order valence-corrected chi connectivity index (χ4v) is 5.49. The summed E-state index contributed by atoms with van der Waals surface area (Å²) in [6.07, 6.45) is 2.26. The van der Waals surface area contributed by atoms with Crippen LogP contribution in [-0.2, 0) is 16.6 Å². The number of hydrogen-bond donors (Lipinski definition) is 0. The second-order valence-electron chi connectivity index (χ2n) is 7.61. The number of aryl methyl sites for hydroxylation is 1. The number of carbonyl (C=O) groups is 1. The van der Waals surface area contributed by atoms with Gasteiger partial charge in [0.1, 0.15) is 11.4 Å². The molecule has 1 aromatic carbocycles. The van der Waals surface area contributed by atoms with E-state index in [1.54, 1.807) is 36.3 Å². The van der Waals surface area contributed by atoms with Crippen molar-refractivity contribution in [3.8, 4) is 5.75 Å². The van der Waals surface area contributed by atoms with E-state index in [4.69, 9.17) is 4.74 Å². The van der Waals surface area contributed by atoms with Gasteiger partial charge in [0.25, 0.3) is 5.91 Å². The summed E-state index contributed by atoms with van der Waals surface area (Å²) in [5.74, 6) is 0.790. The van der Waals surface area contributed by atoms with E-state index in [9.17, 15) is 13.2 Å². The molecule has 0 aliphatic carbocycles. The average molecular weight is 419 g/mol. The van der Waals surface area contributed by atoms with Crippen molar-refractivity contribution in [1.82, 2.24) is 19.0 Å². The molecule has 8 nitrogen and oxygen atoms in total. The van der Waals surface area contributed by atoms with Gasteiger partial charge in [-0.25, -0.2) is 8.42 Å². The number of amides is 1. The maximum Gasteiger partial charge on any atom is 0.271 e. The molecule has 156 valence electrons. The smallest absolute Gasteiger partial charge is 0.271 e. The lowest BCUT2D eigenvalue weighted by atomic mass is 9.94. The number of rotatable bonds is 4. The van der Waals surface area contributed by atoms with Crippen LogP contribution in [0.4, 0.5) is 0 Å². The number of methoxy groups -OCH3 is 1. The van der Waals surface area contributed by atoms with Crippen molar-refractivity contribution < 1.29 is 17.9 Å². The third-order valence-corrected chi connectivity index (χ3v) is 7.71. The number of benzene rings is 1. The summed E-state index contributed by atoms with van der Waals surface area (Å²) in [6, 6.07) is 8.36. The van der Waals surface area contributed by atoms with E-state index in [1.165, 1.54) is 4.31 Å². The van der Waals surface area contributed by atoms with Crippen molar-refractivity contribution in [2.75, 3.05) is 33.8 Å². The van der Waals surface area contributed by atoms with Crippen molar-refractivity contribution in [1.29, 1.82) is 0 Å². The SMILES string of the molecule is COc1ccc(S(=O)(=O)N2CCC(c3cc4n(n3)CCCN(C)C4=O)CC2)cc1. The number of hydrogen-bond acceptors (Lipinski definition) is 5. The van der Waals surface area contributed by atoms with Gasteiger partial charge in [-0.05, 0) is 49.6 Å². The molecule has 0 unspecified atom stereocenters. The second kappa shape index (κ2) is 7.79. The Morgan fingerprint density at radius 3 is 2.41 bits per heavy atom. The summed E-state index contributed by atoms with van der Waals surface area (Å²) in [4.78, 5) is 14.5. The summed E-state index contributed by atoms with van der Waals surface area (Å²) < 4.78 is 34.3. The molecule has 0 atom stereocenters. The number of piperidine rings is 1. The monoisotopic (exact) mass is 418 g/mol. The first-order valence-corrected chi connectivity index (χ1v) is 11.3. The lowest BCUT2D eigenvalue weighted by molar-refractivity contribution is 0.0796. The summed E-state index contributed by atoms with van der Waals surface area (Å²) >= 11 is 0. The quantitative estimate of drug-likeness (QED) is 0.758. The summed E-state index contributed by atoms with van der Waals surface area (Å²) in [7, 11) is -0.161. The number of ether oxygens (including phenoxy) is 1. The van der Waals surface area contributed by atoms with Gasteiger partial charge in [-0.2, -0.15) is 9.40 Å². The summed E-state index contributed by atoms with van der Waals surface area (Å²) in [6.45, 7) is 2.35. The van der Waals surface area contributed by atoms with Crippen LogP contribution in [0.15, 0.2) is 35.2 Å². The topological polar surface area (TPSA) is 84.7 Å². The van der Waals surface area contributed by atoms with E-state index >= 15 is 0 Å². The molecule has 1 aromatic heterocycles. The standard InChI is InChI=1S/C20H26N4O4S/c1-22-10-3-11-24-19(20(22)25)14-18(21-24)15-8-12-23(13-9-15)29(26,27)17-6-4-16(28-2)5-7-17/h4-7,14-15H,3,8-13H2,1-2H3. The Bertz CT molecular complexity index is 992. The van der Waals surface area contributed by atoms with E-state index in [0.717, 1.165) is 25.2 Å². The highest BCUT2D eigenvalue weighted by Crippen LogP contribution is 2.31. The van der Waals surface area contributed by atoms with Crippen molar-refractivity contribution in [2.24, 2.45) is 0 Å². The average Bonchev–Trinajstić information content (AvgIpc) is 3.12. The minimum Gasteiger partial charge on any atom is -0.497 e. The van der Waals surface area contributed by atoms with Crippen LogP contribution in [0.3, 0.4) is 0 Å². The van der Waals surface area contributed by atoms with Crippen molar-refractivity contribution in [3.05, 3.63) is 41.7 Å². The molecule has 0 bridgehead atoms. The first-order valence-electron chi connectivity index (χ1n) is 9.87. The highest BCUT2D eigenvalue weighted by Gasteiger charge is 2.32. The molecule has 4 rings (SSSR count). The molecular weight excluding hydrogens is 392 g/mol. The van der Waals surface area contributed by atoms with Crippen LogP contribution in [0.2, 0.25) is 0 Å². The molecule has 1 amide bonds. The zero-order valence-corrected chi connectivity index (χ0v) is 17.6. The Morgan fingerprint density at radius 2 is 1.76 bits per heavy atom. The van der Waals surface area contributed by atoms with Crippen LogP contribution in [0.5, 0.6) is 5.75 Å². The summed E-state index contributed by atoms with van der Waals surface area (Å²) in [5.41, 5.74) is 1.53. The van der Waals surface area contributed by atoms with E-state index in [0.29, 0.717) is 37.4 Å². The largest absolute Gasteiger partial charge is 0.497 e. The minimum absolute atomic E-state index is 0.000712. The molecule has 0 spiro atoms. The van der Waals surface area contributed by atoms with Crippen LogP contribution in [0.1, 0.15) is 41.4 Å². The Morgan fingerprint density at radius 1 is 1.07 bits per heavy atom. The van der Waals surface area contributed by atoms with Crippen molar-refractivity contribution >= 4 is 15.9 Å². The fraction of sp³-hybridized carbons (Fsp3) is 0.500. The predicted octanol–water partition coefficient (Wildman–Crippen LogP) is 1.94. The number of carbonyl (C=O) groups excluding carboxylic acids is 1. The van der Waals surface area contributed by atoms with Gasteiger partial charge in [0.2, 0.25) is 10.0 Å². The van der Waals surface area contributed by atoms with Crippen molar-refractivity contribution in [3.63, 3.8) is 0 Å². The van der Waals surface area contributed by atoms with Gasteiger partial charge in [-0.15, -0.1) is 0 Å². The van der Waals surface area contributed by atoms with Crippen LogP contribution < -0.4 is 4.74 Å². The molecule has 2 aromatic rings. The molecule has 29 heavy (non-hydrogen) atoms.